The van der Waals surface area contributed by atoms with Crippen LogP contribution in [0.25, 0.3) is 12.2 Å². The van der Waals surface area contributed by atoms with Gasteiger partial charge in [0.2, 0.25) is 0 Å². The molecule has 0 spiro atoms. The average Bonchev–Trinajstić information content (AvgIpc) is 2.87. The van der Waals surface area contributed by atoms with Gasteiger partial charge in [0.05, 0.1) is 0 Å². The largest absolute Gasteiger partial charge is 0.457 e. The minimum atomic E-state index is -0.348. The zero-order chi connectivity index (χ0) is 12.8. The lowest BCUT2D eigenvalue weighted by Gasteiger charge is -2.02. The molecule has 5 heteroatoms. The van der Waals surface area contributed by atoms with Crippen LogP contribution in [-0.2, 0) is 9.53 Å². The van der Waals surface area contributed by atoms with Crippen molar-refractivity contribution >= 4 is 30.0 Å². The number of hydrogen-bond acceptors (Lipinski definition) is 5. The highest BCUT2D eigenvalue weighted by atomic mass is 32.1. The van der Waals surface area contributed by atoms with E-state index >= 15 is 0 Å². The molecule has 0 N–H and O–H groups in total. The molecule has 0 saturated carbocycles. The first-order valence-electron chi connectivity index (χ1n) is 5.45. The molecule has 0 radical (unpaired) electrons. The predicted molar refractivity (Wildman–Crippen MR) is 70.8 cm³/mol. The Morgan fingerprint density at radius 1 is 1.22 bits per heavy atom. The number of nitrogens with zero attached hydrogens (tertiary/aromatic N) is 2. The molecule has 0 aliphatic rings. The first-order chi connectivity index (χ1) is 8.79. The van der Waals surface area contributed by atoms with Crippen LogP contribution in [-0.4, -0.2) is 16.7 Å². The maximum Gasteiger partial charge on any atom is 0.293 e. The number of rotatable bonds is 5. The highest BCUT2D eigenvalue weighted by molar-refractivity contribution is 7.12. The van der Waals surface area contributed by atoms with Gasteiger partial charge >= 0.3 is 0 Å². The van der Waals surface area contributed by atoms with Gasteiger partial charge in [-0.15, -0.1) is 10.2 Å². The van der Waals surface area contributed by atoms with Gasteiger partial charge in [0.15, 0.2) is 11.1 Å². The summed E-state index contributed by atoms with van der Waals surface area (Å²) >= 11 is 1.41. The quantitative estimate of drug-likeness (QED) is 0.776. The Kier molecular flexibility index (Phi) is 4.20. The van der Waals surface area contributed by atoms with E-state index in [0.29, 0.717) is 11.5 Å². The molecule has 0 aliphatic heterocycles. The van der Waals surface area contributed by atoms with Crippen molar-refractivity contribution in [1.29, 1.82) is 0 Å². The number of aromatic nitrogens is 2. The van der Waals surface area contributed by atoms with Crippen molar-refractivity contribution in [3.05, 3.63) is 45.9 Å². The molecule has 0 bridgehead atoms. The van der Waals surface area contributed by atoms with Crippen LogP contribution in [0, 0.1) is 0 Å². The molecule has 1 aromatic carbocycles. The molecule has 92 valence electrons. The molecule has 18 heavy (non-hydrogen) atoms. The minimum Gasteiger partial charge on any atom is -0.457 e. The Morgan fingerprint density at radius 3 is 2.72 bits per heavy atom. The molecule has 0 saturated heterocycles. The predicted octanol–water partition coefficient (Wildman–Crippen LogP) is 2.94. The van der Waals surface area contributed by atoms with E-state index in [-0.39, 0.29) is 6.10 Å². The molecular weight excluding hydrogens is 248 g/mol. The van der Waals surface area contributed by atoms with Gasteiger partial charge in [-0.2, -0.15) is 0 Å². The number of ether oxygens (including phenoxy) is 1. The third-order valence-corrected chi connectivity index (χ3v) is 3.33. The van der Waals surface area contributed by atoms with E-state index in [4.69, 9.17) is 4.74 Å². The van der Waals surface area contributed by atoms with Gasteiger partial charge in [-0.05, 0) is 18.6 Å². The summed E-state index contributed by atoms with van der Waals surface area (Å²) in [4.78, 5) is 10.2. The van der Waals surface area contributed by atoms with Crippen LogP contribution in [0.5, 0.6) is 0 Å². The van der Waals surface area contributed by atoms with Gasteiger partial charge in [-0.3, -0.25) is 4.79 Å². The summed E-state index contributed by atoms with van der Waals surface area (Å²) in [5.41, 5.74) is 1.10. The van der Waals surface area contributed by atoms with Crippen molar-refractivity contribution in [1.82, 2.24) is 10.2 Å². The summed E-state index contributed by atoms with van der Waals surface area (Å²) in [7, 11) is 0. The normalized spacial score (nSPS) is 12.5. The Morgan fingerprint density at radius 2 is 2.00 bits per heavy atom. The lowest BCUT2D eigenvalue weighted by atomic mass is 10.2. The number of benzene rings is 1. The maximum absolute atomic E-state index is 10.2. The van der Waals surface area contributed by atoms with E-state index in [9.17, 15) is 4.79 Å². The molecule has 1 aromatic heterocycles. The molecule has 0 amide bonds. The number of hydrogen-bond donors (Lipinski definition) is 0. The fraction of sp³-hybridized carbons (Fsp3) is 0.154. The summed E-state index contributed by atoms with van der Waals surface area (Å²) in [6, 6.07) is 9.95. The Balaban J connectivity index is 2.07. The lowest BCUT2D eigenvalue weighted by molar-refractivity contribution is -0.133. The molecule has 2 aromatic rings. The van der Waals surface area contributed by atoms with Gasteiger partial charge in [0.25, 0.3) is 6.47 Å². The maximum atomic E-state index is 10.2. The van der Waals surface area contributed by atoms with Crippen LogP contribution in [0.2, 0.25) is 0 Å². The van der Waals surface area contributed by atoms with Crippen LogP contribution in [0.3, 0.4) is 0 Å². The van der Waals surface area contributed by atoms with E-state index in [1.807, 2.05) is 42.5 Å². The molecule has 0 fully saturated rings. The van der Waals surface area contributed by atoms with Crippen molar-refractivity contribution in [3.8, 4) is 0 Å². The minimum absolute atomic E-state index is 0.348. The first-order valence-corrected chi connectivity index (χ1v) is 6.27. The zero-order valence-corrected chi connectivity index (χ0v) is 10.6. The van der Waals surface area contributed by atoms with E-state index in [1.54, 1.807) is 6.92 Å². The molecule has 4 nitrogen and oxygen atoms in total. The standard InChI is InChI=1S/C13H12N2O2S/c1-10(17-9-16)13-15-14-12(18-13)8-7-11-5-3-2-4-6-11/h2-10H,1H3. The summed E-state index contributed by atoms with van der Waals surface area (Å²) < 4.78 is 4.81. The number of carbonyl (C=O) groups excluding carboxylic acids is 1. The second-order valence-corrected chi connectivity index (χ2v) is 4.64. The first kappa shape index (κ1) is 12.4. The van der Waals surface area contributed by atoms with Crippen molar-refractivity contribution in [2.24, 2.45) is 0 Å². The van der Waals surface area contributed by atoms with E-state index in [0.717, 1.165) is 10.6 Å². The molecule has 0 aliphatic carbocycles. The van der Waals surface area contributed by atoms with Crippen LogP contribution in [0.1, 0.15) is 28.6 Å². The van der Waals surface area contributed by atoms with E-state index < -0.39 is 0 Å². The summed E-state index contributed by atoms with van der Waals surface area (Å²) in [5.74, 6) is 0. The fourth-order valence-corrected chi connectivity index (χ4v) is 2.09. The van der Waals surface area contributed by atoms with E-state index in [2.05, 4.69) is 10.2 Å². The lowest BCUT2D eigenvalue weighted by Crippen LogP contribution is -1.96. The van der Waals surface area contributed by atoms with Gasteiger partial charge in [-0.25, -0.2) is 0 Å². The van der Waals surface area contributed by atoms with Crippen molar-refractivity contribution in [2.75, 3.05) is 0 Å². The third kappa shape index (κ3) is 3.24. The highest BCUT2D eigenvalue weighted by Gasteiger charge is 2.11. The van der Waals surface area contributed by atoms with Crippen molar-refractivity contribution < 1.29 is 9.53 Å². The average molecular weight is 260 g/mol. The van der Waals surface area contributed by atoms with Gasteiger partial charge in [0.1, 0.15) is 5.01 Å². The molecule has 1 atom stereocenters. The van der Waals surface area contributed by atoms with Gasteiger partial charge in [0, 0.05) is 0 Å². The smallest absolute Gasteiger partial charge is 0.293 e. The van der Waals surface area contributed by atoms with Crippen molar-refractivity contribution in [3.63, 3.8) is 0 Å². The molecular formula is C13H12N2O2S. The Bertz CT molecular complexity index is 537. The topological polar surface area (TPSA) is 52.1 Å². The zero-order valence-electron chi connectivity index (χ0n) is 9.82. The molecule has 2 rings (SSSR count). The Labute approximate surface area is 109 Å². The molecule has 1 heterocycles. The second-order valence-electron chi connectivity index (χ2n) is 3.60. The SMILES string of the molecule is CC(OC=O)c1nnc(C=Cc2ccccc2)s1. The fourth-order valence-electron chi connectivity index (χ4n) is 1.35. The van der Waals surface area contributed by atoms with Crippen LogP contribution < -0.4 is 0 Å². The van der Waals surface area contributed by atoms with Crippen LogP contribution >= 0.6 is 11.3 Å². The monoisotopic (exact) mass is 260 g/mol. The third-order valence-electron chi connectivity index (χ3n) is 2.28. The summed E-state index contributed by atoms with van der Waals surface area (Å²) in [6.45, 7) is 2.19. The highest BCUT2D eigenvalue weighted by Crippen LogP contribution is 2.21. The van der Waals surface area contributed by atoms with Crippen LogP contribution in [0.4, 0.5) is 0 Å². The number of carbonyl (C=O) groups is 1. The molecule has 1 unspecified atom stereocenters. The second kappa shape index (κ2) is 6.07. The van der Waals surface area contributed by atoms with Gasteiger partial charge in [-0.1, -0.05) is 47.7 Å². The van der Waals surface area contributed by atoms with Crippen molar-refractivity contribution in [2.45, 2.75) is 13.0 Å². The Hall–Kier alpha value is -2.01. The summed E-state index contributed by atoms with van der Waals surface area (Å²) in [5, 5.41) is 9.48. The van der Waals surface area contributed by atoms with Crippen LogP contribution in [0.15, 0.2) is 30.3 Å². The van der Waals surface area contributed by atoms with Gasteiger partial charge < -0.3 is 4.74 Å². The van der Waals surface area contributed by atoms with E-state index in [1.165, 1.54) is 11.3 Å². The summed E-state index contributed by atoms with van der Waals surface area (Å²) in [6.07, 6.45) is 3.51.